The van der Waals surface area contributed by atoms with Crippen molar-refractivity contribution in [2.75, 3.05) is 13.1 Å². The van der Waals surface area contributed by atoms with Gasteiger partial charge < -0.3 is 10.3 Å². The normalized spacial score (nSPS) is 16.9. The van der Waals surface area contributed by atoms with Crippen molar-refractivity contribution in [1.82, 2.24) is 19.7 Å². The van der Waals surface area contributed by atoms with Gasteiger partial charge in [0, 0.05) is 30.2 Å². The third kappa shape index (κ3) is 2.42. The van der Waals surface area contributed by atoms with Gasteiger partial charge in [-0.15, -0.1) is 10.2 Å². The molecule has 20 heavy (non-hydrogen) atoms. The summed E-state index contributed by atoms with van der Waals surface area (Å²) in [7, 11) is 0. The average Bonchev–Trinajstić information content (AvgIpc) is 2.89. The van der Waals surface area contributed by atoms with E-state index in [4.69, 9.17) is 17.3 Å². The van der Waals surface area contributed by atoms with Crippen molar-refractivity contribution < 1.29 is 4.39 Å². The van der Waals surface area contributed by atoms with E-state index in [1.807, 2.05) is 4.57 Å². The molecule has 1 aliphatic heterocycles. The Bertz CT molecular complexity index is 615. The number of fused-ring (bicyclic) bond motifs is 1. The van der Waals surface area contributed by atoms with Crippen LogP contribution in [0.3, 0.4) is 0 Å². The lowest BCUT2D eigenvalue weighted by atomic mass is 10.0. The van der Waals surface area contributed by atoms with Crippen LogP contribution in [0.1, 0.15) is 17.4 Å². The fourth-order valence-corrected chi connectivity index (χ4v) is 2.75. The summed E-state index contributed by atoms with van der Waals surface area (Å²) >= 11 is 5.80. The van der Waals surface area contributed by atoms with Crippen molar-refractivity contribution in [2.24, 2.45) is 5.73 Å². The van der Waals surface area contributed by atoms with Crippen molar-refractivity contribution >= 4 is 11.6 Å². The van der Waals surface area contributed by atoms with Crippen LogP contribution in [0, 0.1) is 5.82 Å². The van der Waals surface area contributed by atoms with E-state index in [1.54, 1.807) is 18.5 Å². The molecule has 0 radical (unpaired) electrons. The molecule has 1 aliphatic rings. The van der Waals surface area contributed by atoms with Gasteiger partial charge in [-0.25, -0.2) is 4.39 Å². The SMILES string of the molecule is NCC(c1ccc(Cl)cc1F)N1CCn2cnnc2C1. The smallest absolute Gasteiger partial charge is 0.147 e. The number of rotatable bonds is 3. The first-order valence-corrected chi connectivity index (χ1v) is 6.82. The highest BCUT2D eigenvalue weighted by Gasteiger charge is 2.26. The highest BCUT2D eigenvalue weighted by molar-refractivity contribution is 6.30. The van der Waals surface area contributed by atoms with Crippen LogP contribution in [0.25, 0.3) is 0 Å². The van der Waals surface area contributed by atoms with Gasteiger partial charge in [0.15, 0.2) is 0 Å². The molecule has 0 saturated heterocycles. The van der Waals surface area contributed by atoms with E-state index in [0.717, 1.165) is 18.9 Å². The van der Waals surface area contributed by atoms with Crippen LogP contribution in [0.2, 0.25) is 5.02 Å². The van der Waals surface area contributed by atoms with Gasteiger partial charge in [-0.3, -0.25) is 4.90 Å². The molecule has 7 heteroatoms. The van der Waals surface area contributed by atoms with E-state index in [-0.39, 0.29) is 11.9 Å². The minimum atomic E-state index is -0.319. The topological polar surface area (TPSA) is 60.0 Å². The van der Waals surface area contributed by atoms with E-state index in [1.165, 1.54) is 6.07 Å². The number of nitrogens with two attached hydrogens (primary N) is 1. The van der Waals surface area contributed by atoms with E-state index in [0.29, 0.717) is 23.7 Å². The van der Waals surface area contributed by atoms with Gasteiger partial charge in [0.2, 0.25) is 0 Å². The quantitative estimate of drug-likeness (QED) is 0.934. The Morgan fingerprint density at radius 1 is 1.40 bits per heavy atom. The van der Waals surface area contributed by atoms with E-state index >= 15 is 0 Å². The Morgan fingerprint density at radius 2 is 2.25 bits per heavy atom. The van der Waals surface area contributed by atoms with Gasteiger partial charge in [0.05, 0.1) is 12.6 Å². The van der Waals surface area contributed by atoms with E-state index in [9.17, 15) is 4.39 Å². The Labute approximate surface area is 121 Å². The number of aromatic nitrogens is 3. The molecule has 2 heterocycles. The number of hydrogen-bond donors (Lipinski definition) is 1. The van der Waals surface area contributed by atoms with Gasteiger partial charge in [0.1, 0.15) is 18.0 Å². The molecule has 0 spiro atoms. The first-order chi connectivity index (χ1) is 9.69. The van der Waals surface area contributed by atoms with Crippen LogP contribution >= 0.6 is 11.6 Å². The molecule has 1 aromatic heterocycles. The highest BCUT2D eigenvalue weighted by atomic mass is 35.5. The second-order valence-corrected chi connectivity index (χ2v) is 5.26. The zero-order chi connectivity index (χ0) is 14.1. The molecule has 5 nitrogen and oxygen atoms in total. The number of nitrogens with zero attached hydrogens (tertiary/aromatic N) is 4. The van der Waals surface area contributed by atoms with Gasteiger partial charge in [-0.1, -0.05) is 17.7 Å². The van der Waals surface area contributed by atoms with Crippen molar-refractivity contribution in [3.05, 3.63) is 46.8 Å². The fraction of sp³-hybridized carbons (Fsp3) is 0.385. The Balaban J connectivity index is 1.87. The summed E-state index contributed by atoms with van der Waals surface area (Å²) in [5.41, 5.74) is 6.43. The van der Waals surface area contributed by atoms with E-state index in [2.05, 4.69) is 15.1 Å². The third-order valence-electron chi connectivity index (χ3n) is 3.65. The first-order valence-electron chi connectivity index (χ1n) is 6.45. The Morgan fingerprint density at radius 3 is 3.00 bits per heavy atom. The van der Waals surface area contributed by atoms with Crippen LogP contribution in [0.4, 0.5) is 4.39 Å². The van der Waals surface area contributed by atoms with Crippen molar-refractivity contribution in [1.29, 1.82) is 0 Å². The summed E-state index contributed by atoms with van der Waals surface area (Å²) in [4.78, 5) is 2.12. The highest BCUT2D eigenvalue weighted by Crippen LogP contribution is 2.27. The lowest BCUT2D eigenvalue weighted by molar-refractivity contribution is 0.153. The summed E-state index contributed by atoms with van der Waals surface area (Å²) in [6, 6.07) is 4.54. The standard InChI is InChI=1S/C13H15ClFN5/c14-9-1-2-10(11(15)5-9)12(6-16)19-3-4-20-8-17-18-13(20)7-19/h1-2,5,8,12H,3-4,6-7,16H2. The van der Waals surface area contributed by atoms with Crippen LogP contribution in [-0.2, 0) is 13.1 Å². The molecule has 2 aromatic rings. The summed E-state index contributed by atoms with van der Waals surface area (Å²) in [6.45, 7) is 2.53. The van der Waals surface area contributed by atoms with Gasteiger partial charge in [-0.2, -0.15) is 0 Å². The van der Waals surface area contributed by atoms with E-state index < -0.39 is 0 Å². The van der Waals surface area contributed by atoms with Gasteiger partial charge in [-0.05, 0) is 12.1 Å². The van der Waals surface area contributed by atoms with Gasteiger partial charge >= 0.3 is 0 Å². The Hall–Kier alpha value is -1.50. The lowest BCUT2D eigenvalue weighted by Gasteiger charge is -2.34. The summed E-state index contributed by atoms with van der Waals surface area (Å²) < 4.78 is 16.1. The summed E-state index contributed by atoms with van der Waals surface area (Å²) in [5, 5.41) is 8.35. The molecular weight excluding hydrogens is 281 g/mol. The second-order valence-electron chi connectivity index (χ2n) is 4.83. The minimum Gasteiger partial charge on any atom is -0.329 e. The molecule has 2 N–H and O–H groups in total. The molecule has 3 rings (SSSR count). The molecule has 0 saturated carbocycles. The molecule has 1 aromatic carbocycles. The molecule has 0 fully saturated rings. The molecule has 0 amide bonds. The zero-order valence-electron chi connectivity index (χ0n) is 10.8. The zero-order valence-corrected chi connectivity index (χ0v) is 11.6. The maximum absolute atomic E-state index is 14.1. The Kier molecular flexibility index (Phi) is 3.69. The number of benzene rings is 1. The van der Waals surface area contributed by atoms with Crippen molar-refractivity contribution in [3.63, 3.8) is 0 Å². The maximum Gasteiger partial charge on any atom is 0.147 e. The summed E-state index contributed by atoms with van der Waals surface area (Å²) in [5.74, 6) is 0.559. The monoisotopic (exact) mass is 295 g/mol. The first kappa shape index (κ1) is 13.5. The van der Waals surface area contributed by atoms with Crippen LogP contribution in [0.5, 0.6) is 0 Å². The predicted octanol–water partition coefficient (Wildman–Crippen LogP) is 1.59. The molecule has 0 bridgehead atoms. The molecule has 0 aliphatic carbocycles. The molecule has 106 valence electrons. The molecular formula is C13H15ClFN5. The maximum atomic E-state index is 14.1. The fourth-order valence-electron chi connectivity index (χ4n) is 2.60. The second kappa shape index (κ2) is 5.47. The minimum absolute atomic E-state index is 0.183. The molecule has 1 atom stereocenters. The van der Waals surface area contributed by atoms with Crippen LogP contribution < -0.4 is 5.73 Å². The largest absolute Gasteiger partial charge is 0.329 e. The van der Waals surface area contributed by atoms with Crippen molar-refractivity contribution in [2.45, 2.75) is 19.1 Å². The van der Waals surface area contributed by atoms with Crippen LogP contribution in [0.15, 0.2) is 24.5 Å². The molecule has 1 unspecified atom stereocenters. The van der Waals surface area contributed by atoms with Gasteiger partial charge in [0.25, 0.3) is 0 Å². The number of halogens is 2. The average molecular weight is 296 g/mol. The van der Waals surface area contributed by atoms with Crippen LogP contribution in [-0.4, -0.2) is 32.8 Å². The summed E-state index contributed by atoms with van der Waals surface area (Å²) in [6.07, 6.45) is 1.72. The lowest BCUT2D eigenvalue weighted by Crippen LogP contribution is -2.40. The number of hydrogen-bond acceptors (Lipinski definition) is 4. The van der Waals surface area contributed by atoms with Crippen molar-refractivity contribution in [3.8, 4) is 0 Å². The third-order valence-corrected chi connectivity index (χ3v) is 3.89. The predicted molar refractivity (Wildman–Crippen MR) is 73.6 cm³/mol.